The number of nitrogens with one attached hydrogen (secondary N) is 1. The van der Waals surface area contributed by atoms with Crippen molar-refractivity contribution >= 4 is 23.5 Å². The number of aromatic nitrogens is 2. The van der Waals surface area contributed by atoms with Crippen LogP contribution >= 0.6 is 23.5 Å². The number of rotatable bonds is 11. The first-order valence-electron chi connectivity index (χ1n) is 9.60. The highest BCUT2D eigenvalue weighted by Crippen LogP contribution is 2.66. The summed E-state index contributed by atoms with van der Waals surface area (Å²) >= 11 is 0. The molecular weight excluding hydrogens is 529 g/mol. The van der Waals surface area contributed by atoms with Crippen molar-refractivity contribution in [1.29, 1.82) is 0 Å². The van der Waals surface area contributed by atoms with E-state index in [0.717, 1.165) is 4.57 Å². The predicted octanol–water partition coefficient (Wildman–Crippen LogP) is -1.08. The number of nitrogens with zero attached hydrogens (tertiary/aromatic N) is 1. The van der Waals surface area contributed by atoms with Gasteiger partial charge in [-0.2, -0.15) is 8.62 Å². The minimum atomic E-state index is -5.75. The third kappa shape index (κ3) is 7.48. The lowest BCUT2D eigenvalue weighted by Crippen LogP contribution is -2.38. The highest BCUT2D eigenvalue weighted by atomic mass is 31.3. The fourth-order valence-electron chi connectivity index (χ4n) is 3.22. The van der Waals surface area contributed by atoms with E-state index in [9.17, 15) is 38.4 Å². The average Bonchev–Trinajstić information content (AvgIpc) is 2.93. The summed E-state index contributed by atoms with van der Waals surface area (Å²) in [6.45, 7) is 0.834. The lowest BCUT2D eigenvalue weighted by molar-refractivity contribution is -0.0231. The molecule has 2 rings (SSSR count). The maximum absolute atomic E-state index is 12.5. The molecule has 2 heterocycles. The highest BCUT2D eigenvalue weighted by molar-refractivity contribution is 7.66. The van der Waals surface area contributed by atoms with E-state index in [1.165, 1.54) is 7.05 Å². The van der Waals surface area contributed by atoms with Gasteiger partial charge in [-0.05, 0) is 12.8 Å². The average molecular weight is 554 g/mol. The number of ether oxygens (including phenoxy) is 1. The van der Waals surface area contributed by atoms with E-state index < -0.39 is 65.7 Å². The van der Waals surface area contributed by atoms with Crippen LogP contribution in [0.5, 0.6) is 0 Å². The second-order valence-corrected chi connectivity index (χ2v) is 11.7. The number of phosphoric acid groups is 3. The van der Waals surface area contributed by atoms with Crippen LogP contribution in [0.1, 0.15) is 37.1 Å². The Morgan fingerprint density at radius 2 is 1.65 bits per heavy atom. The van der Waals surface area contributed by atoms with Gasteiger partial charge in [0.25, 0.3) is 5.56 Å². The molecule has 34 heavy (non-hydrogen) atoms. The number of H-pyrrole nitrogens is 1. The molecule has 17 nitrogen and oxygen atoms in total. The molecule has 1 saturated heterocycles. The monoisotopic (exact) mass is 554 g/mol. The van der Waals surface area contributed by atoms with Gasteiger partial charge < -0.3 is 39.1 Å². The molecule has 1 aromatic heterocycles. The lowest BCUT2D eigenvalue weighted by Gasteiger charge is -2.20. The molecular formula is C14H25N2O15P3. The molecule has 0 bridgehead atoms. The Labute approximate surface area is 191 Å². The smallest absolute Gasteiger partial charge is 0.387 e. The van der Waals surface area contributed by atoms with E-state index in [1.807, 2.05) is 6.92 Å². The summed E-state index contributed by atoms with van der Waals surface area (Å²) in [6, 6.07) is 0. The van der Waals surface area contributed by atoms with E-state index in [1.54, 1.807) is 0 Å². The Bertz CT molecular complexity index is 1140. The van der Waals surface area contributed by atoms with Gasteiger partial charge in [0, 0.05) is 12.7 Å². The fraction of sp³-hybridized carbons (Fsp3) is 0.714. The summed E-state index contributed by atoms with van der Waals surface area (Å²) < 4.78 is 52.1. The first kappa shape index (κ1) is 29.2. The van der Waals surface area contributed by atoms with Gasteiger partial charge in [-0.15, -0.1) is 0 Å². The third-order valence-electron chi connectivity index (χ3n) is 4.72. The standard InChI is InChI=1S/C14H25N2O15P3/c1-3-4-5-7-9(13(19)15-14(20)16(7)2)12-11(18)10(17)8(29-12)6-28-33(24,25)31-34(26,27)30-32(21,22)23/h8,10-12,17-18H,3-6H2,1-2H3,(H,24,25)(H,26,27)(H,15,19,20)(H2,21,22,23)/t8-,10-,11-,12+/m1/s1. The second kappa shape index (κ2) is 10.9. The molecule has 0 amide bonds. The normalized spacial score (nSPS) is 26.8. The maximum Gasteiger partial charge on any atom is 0.490 e. The fourth-order valence-corrected chi connectivity index (χ4v) is 6.25. The maximum atomic E-state index is 12.5. The highest BCUT2D eigenvalue weighted by Gasteiger charge is 2.47. The molecule has 0 radical (unpaired) electrons. The van der Waals surface area contributed by atoms with E-state index in [-0.39, 0.29) is 17.7 Å². The summed E-state index contributed by atoms with van der Waals surface area (Å²) in [5.74, 6) is 0. The predicted molar refractivity (Wildman–Crippen MR) is 110 cm³/mol. The Morgan fingerprint density at radius 3 is 2.21 bits per heavy atom. The summed E-state index contributed by atoms with van der Waals surface area (Å²) in [4.78, 5) is 62.3. The molecule has 1 fully saturated rings. The summed E-state index contributed by atoms with van der Waals surface area (Å²) in [5.41, 5.74) is -1.50. The van der Waals surface area contributed by atoms with Gasteiger partial charge >= 0.3 is 29.2 Å². The van der Waals surface area contributed by atoms with Crippen molar-refractivity contribution in [3.63, 3.8) is 0 Å². The molecule has 1 aliphatic rings. The zero-order valence-electron chi connectivity index (χ0n) is 17.8. The van der Waals surface area contributed by atoms with Crippen LogP contribution in [0.15, 0.2) is 9.59 Å². The number of phosphoric ester groups is 1. The van der Waals surface area contributed by atoms with Crippen molar-refractivity contribution in [1.82, 2.24) is 9.55 Å². The zero-order valence-corrected chi connectivity index (χ0v) is 20.5. The zero-order chi connectivity index (χ0) is 26.1. The van der Waals surface area contributed by atoms with E-state index >= 15 is 0 Å². The third-order valence-corrected chi connectivity index (χ3v) is 8.52. The first-order chi connectivity index (χ1) is 15.5. The van der Waals surface area contributed by atoms with Crippen LogP contribution < -0.4 is 11.2 Å². The Balaban J connectivity index is 2.22. The first-order valence-corrected chi connectivity index (χ1v) is 14.1. The van der Waals surface area contributed by atoms with Crippen molar-refractivity contribution < 1.29 is 61.4 Å². The number of hydrogen-bond acceptors (Lipinski definition) is 11. The SMILES string of the molecule is CCCCc1c([C@@H]2O[C@H](COP(=O)(O)OP(=O)(O)OP(=O)(O)O)[C@@H](O)[C@H]2O)c(=O)[nH]c(=O)n1C. The Morgan fingerprint density at radius 1 is 1.03 bits per heavy atom. The van der Waals surface area contributed by atoms with Crippen LogP contribution in [-0.2, 0) is 45.0 Å². The van der Waals surface area contributed by atoms with Crippen molar-refractivity contribution in [3.05, 3.63) is 32.1 Å². The molecule has 0 saturated carbocycles. The van der Waals surface area contributed by atoms with Gasteiger partial charge in [-0.3, -0.25) is 14.3 Å². The van der Waals surface area contributed by atoms with Crippen LogP contribution in [-0.4, -0.2) is 64.3 Å². The van der Waals surface area contributed by atoms with Gasteiger partial charge in [0.2, 0.25) is 0 Å². The Kier molecular flexibility index (Phi) is 9.39. The molecule has 1 aromatic rings. The van der Waals surface area contributed by atoms with E-state index in [2.05, 4.69) is 18.1 Å². The largest absolute Gasteiger partial charge is 0.490 e. The molecule has 20 heteroatoms. The van der Waals surface area contributed by atoms with Crippen LogP contribution in [0, 0.1) is 0 Å². The quantitative estimate of drug-likeness (QED) is 0.160. The molecule has 0 aromatic carbocycles. The molecule has 196 valence electrons. The van der Waals surface area contributed by atoms with Crippen LogP contribution in [0.3, 0.4) is 0 Å². The molecule has 0 aliphatic carbocycles. The van der Waals surface area contributed by atoms with Gasteiger partial charge in [0.1, 0.15) is 24.4 Å². The topological polar surface area (TPSA) is 264 Å². The van der Waals surface area contributed by atoms with Crippen molar-refractivity contribution in [2.24, 2.45) is 7.05 Å². The minimum absolute atomic E-state index is 0.150. The minimum Gasteiger partial charge on any atom is -0.387 e. The number of unbranched alkanes of at least 4 members (excludes halogenated alkanes) is 1. The van der Waals surface area contributed by atoms with Crippen molar-refractivity contribution in [2.45, 2.75) is 50.6 Å². The van der Waals surface area contributed by atoms with Gasteiger partial charge in [0.15, 0.2) is 0 Å². The number of aliphatic hydroxyl groups is 2. The second-order valence-electron chi connectivity index (χ2n) is 7.25. The number of aromatic amines is 1. The number of aliphatic hydroxyl groups excluding tert-OH is 2. The molecule has 6 atom stereocenters. The van der Waals surface area contributed by atoms with Crippen molar-refractivity contribution in [2.75, 3.05) is 6.61 Å². The molecule has 2 unspecified atom stereocenters. The lowest BCUT2D eigenvalue weighted by atomic mass is 9.99. The molecule has 0 spiro atoms. The van der Waals surface area contributed by atoms with Gasteiger partial charge in [0.05, 0.1) is 12.2 Å². The van der Waals surface area contributed by atoms with E-state index in [0.29, 0.717) is 12.8 Å². The molecule has 7 N–H and O–H groups in total. The Hall–Kier alpha value is -1.03. The van der Waals surface area contributed by atoms with Crippen LogP contribution in [0.2, 0.25) is 0 Å². The van der Waals surface area contributed by atoms with Crippen molar-refractivity contribution in [3.8, 4) is 0 Å². The molecule has 1 aliphatic heterocycles. The van der Waals surface area contributed by atoms with Crippen LogP contribution in [0.25, 0.3) is 0 Å². The number of hydrogen-bond donors (Lipinski definition) is 7. The summed E-state index contributed by atoms with van der Waals surface area (Å²) in [6.07, 6.45) is -5.03. The summed E-state index contributed by atoms with van der Waals surface area (Å²) in [7, 11) is -15.4. The van der Waals surface area contributed by atoms with Crippen LogP contribution in [0.4, 0.5) is 0 Å². The summed E-state index contributed by atoms with van der Waals surface area (Å²) in [5, 5.41) is 20.7. The van der Waals surface area contributed by atoms with Gasteiger partial charge in [-0.1, -0.05) is 13.3 Å². The van der Waals surface area contributed by atoms with Gasteiger partial charge in [-0.25, -0.2) is 18.5 Å². The van der Waals surface area contributed by atoms with E-state index in [4.69, 9.17) is 19.4 Å².